The van der Waals surface area contributed by atoms with Crippen LogP contribution in [0.5, 0.6) is 0 Å². The molecule has 0 aliphatic rings. The molecule has 0 saturated heterocycles. The molecule has 17 heavy (non-hydrogen) atoms. The van der Waals surface area contributed by atoms with E-state index in [-0.39, 0.29) is 5.84 Å². The van der Waals surface area contributed by atoms with Gasteiger partial charge in [0.25, 0.3) is 0 Å². The van der Waals surface area contributed by atoms with E-state index in [1.165, 1.54) is 0 Å². The van der Waals surface area contributed by atoms with Gasteiger partial charge in [0.15, 0.2) is 5.76 Å². The smallest absolute Gasteiger partial charge is 0.205 e. The van der Waals surface area contributed by atoms with Crippen LogP contribution in [-0.4, -0.2) is 11.0 Å². The lowest BCUT2D eigenvalue weighted by Gasteiger charge is -2.01. The van der Waals surface area contributed by atoms with Crippen LogP contribution in [-0.2, 0) is 0 Å². The number of furan rings is 1. The zero-order valence-electron chi connectivity index (χ0n) is 9.14. The largest absolute Gasteiger partial charge is 0.453 e. The van der Waals surface area contributed by atoms with Crippen molar-refractivity contribution in [3.8, 4) is 11.3 Å². The Morgan fingerprint density at radius 2 is 2.12 bits per heavy atom. The van der Waals surface area contributed by atoms with Gasteiger partial charge in [0.1, 0.15) is 5.76 Å². The minimum absolute atomic E-state index is 0.0370. The summed E-state index contributed by atoms with van der Waals surface area (Å²) in [5.74, 6) is 0.996. The molecule has 0 bridgehead atoms. The van der Waals surface area contributed by atoms with Gasteiger partial charge in [-0.15, -0.1) is 0 Å². The molecule has 4 nitrogen and oxygen atoms in total. The van der Waals surface area contributed by atoms with Crippen molar-refractivity contribution in [1.29, 1.82) is 0 Å². The maximum atomic E-state index is 8.55. The van der Waals surface area contributed by atoms with E-state index >= 15 is 0 Å². The summed E-state index contributed by atoms with van der Waals surface area (Å²) in [5, 5.41) is 11.4. The van der Waals surface area contributed by atoms with Crippen molar-refractivity contribution in [1.82, 2.24) is 0 Å². The third-order valence-electron chi connectivity index (χ3n) is 2.41. The predicted molar refractivity (Wildman–Crippen MR) is 69.1 cm³/mol. The number of aryl methyl sites for hydroxylation is 1. The molecule has 2 rings (SSSR count). The Kier molecular flexibility index (Phi) is 3.19. The molecule has 0 spiro atoms. The van der Waals surface area contributed by atoms with Crippen LogP contribution in [0.15, 0.2) is 44.4 Å². The number of nitrogens with zero attached hydrogens (tertiary/aromatic N) is 1. The summed E-state index contributed by atoms with van der Waals surface area (Å²) in [4.78, 5) is 0. The highest BCUT2D eigenvalue weighted by molar-refractivity contribution is 9.10. The average Bonchev–Trinajstić information content (AvgIpc) is 2.81. The number of hydrogen-bond acceptors (Lipinski definition) is 3. The molecule has 0 unspecified atom stereocenters. The minimum Gasteiger partial charge on any atom is -0.453 e. The molecule has 0 radical (unpaired) electrons. The molecule has 0 fully saturated rings. The van der Waals surface area contributed by atoms with Gasteiger partial charge in [0, 0.05) is 10.0 Å². The number of benzene rings is 1. The number of nitrogens with two attached hydrogens (primary N) is 1. The number of oxime groups is 1. The molecule has 3 N–H and O–H groups in total. The van der Waals surface area contributed by atoms with Gasteiger partial charge >= 0.3 is 0 Å². The fourth-order valence-electron chi connectivity index (χ4n) is 1.48. The molecule has 0 saturated carbocycles. The maximum absolute atomic E-state index is 8.55. The van der Waals surface area contributed by atoms with Gasteiger partial charge in [-0.2, -0.15) is 0 Å². The van der Waals surface area contributed by atoms with Gasteiger partial charge in [-0.05, 0) is 36.8 Å². The number of hydrogen-bond donors (Lipinski definition) is 2. The first-order valence-electron chi connectivity index (χ1n) is 4.96. The minimum atomic E-state index is -0.0370. The summed E-state index contributed by atoms with van der Waals surface area (Å²) in [6, 6.07) is 9.35. The van der Waals surface area contributed by atoms with Crippen molar-refractivity contribution in [2.75, 3.05) is 0 Å². The molecule has 0 amide bonds. The molecule has 0 aliphatic carbocycles. The van der Waals surface area contributed by atoms with E-state index in [0.29, 0.717) is 11.5 Å². The first-order valence-corrected chi connectivity index (χ1v) is 5.75. The number of halogens is 1. The van der Waals surface area contributed by atoms with E-state index in [1.807, 2.05) is 25.1 Å². The van der Waals surface area contributed by atoms with E-state index in [4.69, 9.17) is 15.4 Å². The molecule has 88 valence electrons. The Balaban J connectivity index is 2.40. The van der Waals surface area contributed by atoms with Crippen LogP contribution in [0, 0.1) is 6.92 Å². The zero-order valence-corrected chi connectivity index (χ0v) is 10.7. The van der Waals surface area contributed by atoms with Gasteiger partial charge in [-0.1, -0.05) is 27.2 Å². The van der Waals surface area contributed by atoms with Crippen LogP contribution >= 0.6 is 15.9 Å². The highest BCUT2D eigenvalue weighted by Gasteiger charge is 2.08. The van der Waals surface area contributed by atoms with Crippen LogP contribution < -0.4 is 5.73 Å². The van der Waals surface area contributed by atoms with E-state index in [1.54, 1.807) is 12.1 Å². The SMILES string of the molecule is Cc1cc(-c2ccc(C(N)=NO)o2)ccc1Br. The molecule has 1 aromatic heterocycles. The second-order valence-corrected chi connectivity index (χ2v) is 4.47. The van der Waals surface area contributed by atoms with E-state index in [2.05, 4.69) is 21.1 Å². The van der Waals surface area contributed by atoms with Crippen LogP contribution in [0.3, 0.4) is 0 Å². The highest BCUT2D eigenvalue weighted by Crippen LogP contribution is 2.26. The summed E-state index contributed by atoms with van der Waals surface area (Å²) >= 11 is 3.44. The van der Waals surface area contributed by atoms with Crippen molar-refractivity contribution in [3.63, 3.8) is 0 Å². The van der Waals surface area contributed by atoms with E-state index < -0.39 is 0 Å². The Bertz CT molecular complexity index is 576. The van der Waals surface area contributed by atoms with Gasteiger partial charge < -0.3 is 15.4 Å². The van der Waals surface area contributed by atoms with Crippen molar-refractivity contribution in [2.45, 2.75) is 6.92 Å². The summed E-state index contributed by atoms with van der Waals surface area (Å²) < 4.78 is 6.53. The van der Waals surface area contributed by atoms with Crippen LogP contribution in [0.2, 0.25) is 0 Å². The van der Waals surface area contributed by atoms with Crippen LogP contribution in [0.25, 0.3) is 11.3 Å². The van der Waals surface area contributed by atoms with Gasteiger partial charge in [-0.3, -0.25) is 0 Å². The van der Waals surface area contributed by atoms with E-state index in [0.717, 1.165) is 15.6 Å². The van der Waals surface area contributed by atoms with Gasteiger partial charge in [0.2, 0.25) is 5.84 Å². The summed E-state index contributed by atoms with van der Waals surface area (Å²) in [6.45, 7) is 2.00. The normalized spacial score (nSPS) is 11.8. The first kappa shape index (κ1) is 11.7. The maximum Gasteiger partial charge on any atom is 0.205 e. The third kappa shape index (κ3) is 2.34. The summed E-state index contributed by atoms with van der Waals surface area (Å²) in [7, 11) is 0. The zero-order chi connectivity index (χ0) is 12.4. The van der Waals surface area contributed by atoms with Crippen molar-refractivity contribution in [2.24, 2.45) is 10.9 Å². The molecule has 5 heteroatoms. The molecule has 2 aromatic rings. The van der Waals surface area contributed by atoms with Crippen molar-refractivity contribution < 1.29 is 9.62 Å². The number of amidine groups is 1. The fourth-order valence-corrected chi connectivity index (χ4v) is 1.72. The van der Waals surface area contributed by atoms with Crippen LogP contribution in [0.1, 0.15) is 11.3 Å². The summed E-state index contributed by atoms with van der Waals surface area (Å²) in [6.07, 6.45) is 0. The fraction of sp³-hybridized carbons (Fsp3) is 0.0833. The second-order valence-electron chi connectivity index (χ2n) is 3.61. The average molecular weight is 295 g/mol. The Hall–Kier alpha value is -1.75. The Labute approximate surface area is 107 Å². The van der Waals surface area contributed by atoms with Crippen molar-refractivity contribution in [3.05, 3.63) is 46.1 Å². The van der Waals surface area contributed by atoms with Crippen LogP contribution in [0.4, 0.5) is 0 Å². The summed E-state index contributed by atoms with van der Waals surface area (Å²) in [5.41, 5.74) is 7.50. The molecule has 1 aromatic carbocycles. The lowest BCUT2D eigenvalue weighted by Crippen LogP contribution is -2.11. The standard InChI is InChI=1S/C12H11BrN2O2/c1-7-6-8(2-3-9(7)13)10-4-5-11(17-10)12(14)15-16/h2-6,16H,1H3,(H2,14,15). The first-order chi connectivity index (χ1) is 8.11. The lowest BCUT2D eigenvalue weighted by atomic mass is 10.1. The number of rotatable bonds is 2. The molecule has 0 atom stereocenters. The lowest BCUT2D eigenvalue weighted by molar-refractivity contribution is 0.317. The predicted octanol–water partition coefficient (Wildman–Crippen LogP) is 3.11. The van der Waals surface area contributed by atoms with Gasteiger partial charge in [-0.25, -0.2) is 0 Å². The molecule has 0 aliphatic heterocycles. The Morgan fingerprint density at radius 3 is 2.76 bits per heavy atom. The van der Waals surface area contributed by atoms with Crippen molar-refractivity contribution >= 4 is 21.8 Å². The topological polar surface area (TPSA) is 71.8 Å². The molecular formula is C12H11BrN2O2. The Morgan fingerprint density at radius 1 is 1.35 bits per heavy atom. The monoisotopic (exact) mass is 294 g/mol. The second kappa shape index (κ2) is 4.63. The van der Waals surface area contributed by atoms with Gasteiger partial charge in [0.05, 0.1) is 0 Å². The highest BCUT2D eigenvalue weighted by atomic mass is 79.9. The molecular weight excluding hydrogens is 284 g/mol. The third-order valence-corrected chi connectivity index (χ3v) is 3.30. The quantitative estimate of drug-likeness (QED) is 0.387. The van der Waals surface area contributed by atoms with E-state index in [9.17, 15) is 0 Å². The molecule has 1 heterocycles.